The number of fused-ring (bicyclic) bond motifs is 1. The standard InChI is InChI=1S/C18H12F4O4/c1-18(21,22)26-11-4-2-10(3-5-11)14-9-24-15-8-12(25-17(19)20)6-7-13(15)16(14)23/h2-9,17H,1H3. The quantitative estimate of drug-likeness (QED) is 0.591. The van der Waals surface area contributed by atoms with Crippen LogP contribution in [0.1, 0.15) is 6.92 Å². The molecule has 0 atom stereocenters. The maximum Gasteiger partial charge on any atom is 0.394 e. The van der Waals surface area contributed by atoms with Crippen molar-refractivity contribution in [3.05, 3.63) is 59.0 Å². The summed E-state index contributed by atoms with van der Waals surface area (Å²) >= 11 is 0. The van der Waals surface area contributed by atoms with Gasteiger partial charge in [-0.25, -0.2) is 0 Å². The first-order valence-electron chi connectivity index (χ1n) is 7.40. The van der Waals surface area contributed by atoms with Crippen LogP contribution >= 0.6 is 0 Å². The van der Waals surface area contributed by atoms with Crippen LogP contribution in [0.3, 0.4) is 0 Å². The van der Waals surface area contributed by atoms with Crippen LogP contribution in [0.25, 0.3) is 22.1 Å². The molecule has 0 aliphatic rings. The SMILES string of the molecule is CC(F)(F)Oc1ccc(-c2coc3cc(OC(F)F)ccc3c2=O)cc1. The number of rotatable bonds is 5. The summed E-state index contributed by atoms with van der Waals surface area (Å²) in [5.74, 6) is -0.189. The minimum Gasteiger partial charge on any atom is -0.463 e. The second kappa shape index (κ2) is 6.70. The van der Waals surface area contributed by atoms with E-state index in [9.17, 15) is 22.4 Å². The van der Waals surface area contributed by atoms with E-state index in [0.29, 0.717) is 12.5 Å². The van der Waals surface area contributed by atoms with Crippen LogP contribution in [0.15, 0.2) is 57.9 Å². The third kappa shape index (κ3) is 3.96. The van der Waals surface area contributed by atoms with E-state index in [0.717, 1.165) is 0 Å². The molecule has 0 fully saturated rings. The summed E-state index contributed by atoms with van der Waals surface area (Å²) in [5, 5.41) is 0.171. The van der Waals surface area contributed by atoms with Crippen molar-refractivity contribution >= 4 is 11.0 Å². The first kappa shape index (κ1) is 17.8. The molecule has 4 nitrogen and oxygen atoms in total. The van der Waals surface area contributed by atoms with Crippen LogP contribution in [0, 0.1) is 0 Å². The molecule has 0 radical (unpaired) electrons. The predicted molar refractivity (Wildman–Crippen MR) is 85.8 cm³/mol. The Morgan fingerprint density at radius 2 is 1.69 bits per heavy atom. The summed E-state index contributed by atoms with van der Waals surface area (Å²) in [6, 6.07) is 9.21. The maximum absolute atomic E-state index is 12.8. The molecule has 0 spiro atoms. The van der Waals surface area contributed by atoms with Crippen molar-refractivity contribution in [2.24, 2.45) is 0 Å². The molecule has 0 bridgehead atoms. The summed E-state index contributed by atoms with van der Waals surface area (Å²) in [6.45, 7) is -2.38. The highest BCUT2D eigenvalue weighted by molar-refractivity contribution is 5.82. The molecule has 3 rings (SSSR count). The van der Waals surface area contributed by atoms with Gasteiger partial charge in [0, 0.05) is 13.0 Å². The lowest BCUT2D eigenvalue weighted by Gasteiger charge is -2.13. The smallest absolute Gasteiger partial charge is 0.394 e. The van der Waals surface area contributed by atoms with Crippen molar-refractivity contribution in [1.29, 1.82) is 0 Å². The van der Waals surface area contributed by atoms with E-state index in [1.165, 1.54) is 48.7 Å². The van der Waals surface area contributed by atoms with Gasteiger partial charge in [-0.15, -0.1) is 0 Å². The van der Waals surface area contributed by atoms with E-state index in [2.05, 4.69) is 9.47 Å². The van der Waals surface area contributed by atoms with Crippen LogP contribution in [-0.4, -0.2) is 12.7 Å². The molecule has 0 aliphatic heterocycles. The molecule has 2 aromatic carbocycles. The van der Waals surface area contributed by atoms with Crippen molar-refractivity contribution in [1.82, 2.24) is 0 Å². The predicted octanol–water partition coefficient (Wildman–Crippen LogP) is 5.05. The lowest BCUT2D eigenvalue weighted by molar-refractivity contribution is -0.158. The van der Waals surface area contributed by atoms with Gasteiger partial charge in [-0.2, -0.15) is 17.6 Å². The van der Waals surface area contributed by atoms with Crippen molar-refractivity contribution < 1.29 is 31.5 Å². The second-order valence-corrected chi connectivity index (χ2v) is 5.45. The Hall–Kier alpha value is -3.03. The van der Waals surface area contributed by atoms with Gasteiger partial charge in [0.05, 0.1) is 10.9 Å². The summed E-state index contributed by atoms with van der Waals surface area (Å²) in [5.41, 5.74) is 0.307. The van der Waals surface area contributed by atoms with Crippen molar-refractivity contribution in [3.8, 4) is 22.6 Å². The van der Waals surface area contributed by atoms with Crippen molar-refractivity contribution in [2.45, 2.75) is 19.6 Å². The van der Waals surface area contributed by atoms with Crippen LogP contribution in [0.4, 0.5) is 17.6 Å². The zero-order chi connectivity index (χ0) is 18.9. The third-order valence-corrected chi connectivity index (χ3v) is 3.43. The van der Waals surface area contributed by atoms with Gasteiger partial charge in [-0.05, 0) is 29.8 Å². The largest absolute Gasteiger partial charge is 0.463 e. The molecule has 136 valence electrons. The van der Waals surface area contributed by atoms with E-state index in [4.69, 9.17) is 4.42 Å². The van der Waals surface area contributed by atoms with E-state index in [-0.39, 0.29) is 28.0 Å². The number of ether oxygens (including phenoxy) is 2. The molecular weight excluding hydrogens is 356 g/mol. The lowest BCUT2D eigenvalue weighted by atomic mass is 10.1. The average molecular weight is 368 g/mol. The minimum absolute atomic E-state index is 0.0554. The maximum atomic E-state index is 12.8. The first-order chi connectivity index (χ1) is 12.2. The zero-order valence-corrected chi connectivity index (χ0v) is 13.3. The Balaban J connectivity index is 1.95. The van der Waals surface area contributed by atoms with Gasteiger partial charge < -0.3 is 13.9 Å². The molecule has 1 heterocycles. The fraction of sp³-hybridized carbons (Fsp3) is 0.167. The van der Waals surface area contributed by atoms with E-state index < -0.39 is 18.1 Å². The first-order valence-corrected chi connectivity index (χ1v) is 7.40. The molecule has 1 aromatic heterocycles. The highest BCUT2D eigenvalue weighted by Gasteiger charge is 2.23. The van der Waals surface area contributed by atoms with Gasteiger partial charge in [-0.3, -0.25) is 4.79 Å². The molecule has 26 heavy (non-hydrogen) atoms. The van der Waals surface area contributed by atoms with Crippen molar-refractivity contribution in [2.75, 3.05) is 0 Å². The topological polar surface area (TPSA) is 48.7 Å². The van der Waals surface area contributed by atoms with Gasteiger partial charge in [-0.1, -0.05) is 12.1 Å². The van der Waals surface area contributed by atoms with Crippen LogP contribution in [0.5, 0.6) is 11.5 Å². The summed E-state index contributed by atoms with van der Waals surface area (Å²) in [4.78, 5) is 12.6. The molecular formula is C18H12F4O4. The van der Waals surface area contributed by atoms with E-state index >= 15 is 0 Å². The lowest BCUT2D eigenvalue weighted by Crippen LogP contribution is -2.18. The Bertz CT molecular complexity index is 975. The molecule has 3 aromatic rings. The van der Waals surface area contributed by atoms with Crippen LogP contribution < -0.4 is 14.9 Å². The van der Waals surface area contributed by atoms with Gasteiger partial charge in [0.1, 0.15) is 23.3 Å². The minimum atomic E-state index is -3.32. The number of benzene rings is 2. The highest BCUT2D eigenvalue weighted by atomic mass is 19.3. The fourth-order valence-corrected chi connectivity index (χ4v) is 2.39. The Morgan fingerprint density at radius 1 is 1.04 bits per heavy atom. The van der Waals surface area contributed by atoms with E-state index in [1.807, 2.05) is 0 Å². The zero-order valence-electron chi connectivity index (χ0n) is 13.3. The second-order valence-electron chi connectivity index (χ2n) is 5.45. The van der Waals surface area contributed by atoms with Gasteiger partial charge in [0.25, 0.3) is 0 Å². The highest BCUT2D eigenvalue weighted by Crippen LogP contribution is 2.27. The molecule has 0 saturated carbocycles. The van der Waals surface area contributed by atoms with E-state index in [1.54, 1.807) is 0 Å². The monoisotopic (exact) mass is 368 g/mol. The number of hydrogen-bond acceptors (Lipinski definition) is 4. The Kier molecular flexibility index (Phi) is 4.58. The molecule has 8 heteroatoms. The van der Waals surface area contributed by atoms with Gasteiger partial charge in [0.15, 0.2) is 5.43 Å². The third-order valence-electron chi connectivity index (χ3n) is 3.43. The molecule has 0 saturated heterocycles. The molecule has 0 N–H and O–H groups in total. The van der Waals surface area contributed by atoms with Crippen LogP contribution in [0.2, 0.25) is 0 Å². The molecule has 0 amide bonds. The number of halogens is 4. The molecule has 0 aliphatic carbocycles. The number of hydrogen-bond donors (Lipinski definition) is 0. The fourth-order valence-electron chi connectivity index (χ4n) is 2.39. The Labute approximate surface area is 144 Å². The summed E-state index contributed by atoms with van der Waals surface area (Å²) in [6.07, 6.45) is -2.15. The summed E-state index contributed by atoms with van der Waals surface area (Å²) < 4.78 is 64.2. The summed E-state index contributed by atoms with van der Waals surface area (Å²) in [7, 11) is 0. The van der Waals surface area contributed by atoms with Gasteiger partial charge >= 0.3 is 12.7 Å². The Morgan fingerprint density at radius 3 is 2.31 bits per heavy atom. The average Bonchev–Trinajstić information content (AvgIpc) is 2.54. The normalized spacial score (nSPS) is 11.8. The number of alkyl halides is 4. The van der Waals surface area contributed by atoms with Crippen LogP contribution in [-0.2, 0) is 0 Å². The van der Waals surface area contributed by atoms with Gasteiger partial charge in [0.2, 0.25) is 0 Å². The van der Waals surface area contributed by atoms with Crippen molar-refractivity contribution in [3.63, 3.8) is 0 Å². The molecule has 0 unspecified atom stereocenters.